The predicted molar refractivity (Wildman–Crippen MR) is 111 cm³/mol. The van der Waals surface area contributed by atoms with Crippen molar-refractivity contribution in [3.63, 3.8) is 0 Å². The lowest BCUT2D eigenvalue weighted by molar-refractivity contribution is -0.384. The molecular weight excluding hydrogens is 392 g/mol. The molecule has 4 rings (SSSR count). The highest BCUT2D eigenvalue weighted by atomic mass is 35.5. The molecule has 0 fully saturated rings. The molecule has 8 heteroatoms. The molecule has 0 spiro atoms. The van der Waals surface area contributed by atoms with Crippen LogP contribution in [0.15, 0.2) is 73.1 Å². The van der Waals surface area contributed by atoms with E-state index in [9.17, 15) is 15.2 Å². The Labute approximate surface area is 170 Å². The van der Waals surface area contributed by atoms with Crippen molar-refractivity contribution in [1.29, 1.82) is 0 Å². The molecule has 2 aromatic heterocycles. The topological polar surface area (TPSA) is 101 Å². The fourth-order valence-electron chi connectivity index (χ4n) is 3.18. The van der Waals surface area contributed by atoms with Gasteiger partial charge in [-0.1, -0.05) is 29.8 Å². The minimum absolute atomic E-state index is 0.0510. The summed E-state index contributed by atoms with van der Waals surface area (Å²) in [5, 5.41) is 26.5. The third-order valence-corrected chi connectivity index (χ3v) is 4.84. The largest absolute Gasteiger partial charge is 0.505 e. The third kappa shape index (κ3) is 3.68. The summed E-state index contributed by atoms with van der Waals surface area (Å²) in [5.74, 6) is 0.491. The van der Waals surface area contributed by atoms with Crippen molar-refractivity contribution in [1.82, 2.24) is 9.97 Å². The van der Waals surface area contributed by atoms with Gasteiger partial charge in [-0.05, 0) is 35.9 Å². The molecule has 144 valence electrons. The van der Waals surface area contributed by atoms with Gasteiger partial charge in [-0.3, -0.25) is 15.1 Å². The van der Waals surface area contributed by atoms with Crippen LogP contribution >= 0.6 is 11.6 Å². The van der Waals surface area contributed by atoms with E-state index in [0.29, 0.717) is 32.9 Å². The molecule has 1 atom stereocenters. The Kier molecular flexibility index (Phi) is 4.97. The SMILES string of the molecule is O=[N+]([O-])c1cccc(C(Nc2ccccn2)c2cc(Cl)c3cccnc3c2O)c1. The van der Waals surface area contributed by atoms with Crippen LogP contribution in [0.1, 0.15) is 17.2 Å². The van der Waals surface area contributed by atoms with Crippen LogP contribution < -0.4 is 5.32 Å². The lowest BCUT2D eigenvalue weighted by Crippen LogP contribution is -2.14. The van der Waals surface area contributed by atoms with Gasteiger partial charge in [0.25, 0.3) is 5.69 Å². The number of hydrogen-bond donors (Lipinski definition) is 2. The smallest absolute Gasteiger partial charge is 0.269 e. The van der Waals surface area contributed by atoms with E-state index in [1.54, 1.807) is 54.9 Å². The van der Waals surface area contributed by atoms with Crippen LogP contribution in [0.5, 0.6) is 5.75 Å². The Morgan fingerprint density at radius 3 is 2.62 bits per heavy atom. The number of nitro groups is 1. The van der Waals surface area contributed by atoms with E-state index in [1.807, 2.05) is 6.07 Å². The Morgan fingerprint density at radius 1 is 1.03 bits per heavy atom. The van der Waals surface area contributed by atoms with E-state index in [2.05, 4.69) is 15.3 Å². The summed E-state index contributed by atoms with van der Waals surface area (Å²) in [6.07, 6.45) is 3.19. The van der Waals surface area contributed by atoms with E-state index in [0.717, 1.165) is 0 Å². The molecule has 0 aliphatic rings. The number of non-ortho nitro benzene ring substituents is 1. The van der Waals surface area contributed by atoms with Gasteiger partial charge in [0.05, 0.1) is 16.0 Å². The van der Waals surface area contributed by atoms with Crippen LogP contribution in [-0.4, -0.2) is 20.0 Å². The molecule has 0 radical (unpaired) electrons. The summed E-state index contributed by atoms with van der Waals surface area (Å²) in [5.41, 5.74) is 1.31. The Hall–Kier alpha value is -3.71. The first-order chi connectivity index (χ1) is 14.0. The van der Waals surface area contributed by atoms with Crippen molar-refractivity contribution >= 4 is 34.0 Å². The van der Waals surface area contributed by atoms with Gasteiger partial charge in [0.15, 0.2) is 0 Å². The van der Waals surface area contributed by atoms with Crippen LogP contribution in [0.3, 0.4) is 0 Å². The second-order valence-corrected chi connectivity index (χ2v) is 6.75. The van der Waals surface area contributed by atoms with E-state index >= 15 is 0 Å². The Bertz CT molecular complexity index is 1200. The fourth-order valence-corrected chi connectivity index (χ4v) is 3.45. The number of hydrogen-bond acceptors (Lipinski definition) is 6. The molecular formula is C21H15ClN4O3. The van der Waals surface area contributed by atoms with E-state index < -0.39 is 11.0 Å². The van der Waals surface area contributed by atoms with Crippen molar-refractivity contribution in [2.24, 2.45) is 0 Å². The number of halogens is 1. The molecule has 0 saturated heterocycles. The molecule has 2 heterocycles. The van der Waals surface area contributed by atoms with Crippen LogP contribution in [0.2, 0.25) is 5.02 Å². The zero-order valence-electron chi connectivity index (χ0n) is 15.0. The number of anilines is 1. The number of benzene rings is 2. The maximum absolute atomic E-state index is 11.3. The maximum Gasteiger partial charge on any atom is 0.269 e. The van der Waals surface area contributed by atoms with Crippen LogP contribution in [0.25, 0.3) is 10.9 Å². The fraction of sp³-hybridized carbons (Fsp3) is 0.0476. The standard InChI is InChI=1S/C21H15ClN4O3/c22-17-12-16(21(27)20-15(17)7-4-10-24-20)19(25-18-8-1-2-9-23-18)13-5-3-6-14(11-13)26(28)29/h1-12,19,27H,(H,23,25). The lowest BCUT2D eigenvalue weighted by Gasteiger charge is -2.22. The maximum atomic E-state index is 11.3. The quantitative estimate of drug-likeness (QED) is 0.353. The Balaban J connectivity index is 1.91. The second kappa shape index (κ2) is 7.73. The summed E-state index contributed by atoms with van der Waals surface area (Å²) in [7, 11) is 0. The van der Waals surface area contributed by atoms with Crippen molar-refractivity contribution in [3.05, 3.63) is 99.3 Å². The number of nitrogens with zero attached hydrogens (tertiary/aromatic N) is 3. The summed E-state index contributed by atoms with van der Waals surface area (Å²) >= 11 is 6.45. The summed E-state index contributed by atoms with van der Waals surface area (Å²) < 4.78 is 0. The number of phenols is 1. The molecule has 0 aliphatic carbocycles. The molecule has 1 unspecified atom stereocenters. The minimum Gasteiger partial charge on any atom is -0.505 e. The first kappa shape index (κ1) is 18.6. The third-order valence-electron chi connectivity index (χ3n) is 4.53. The van der Waals surface area contributed by atoms with Gasteiger partial charge in [-0.2, -0.15) is 0 Å². The predicted octanol–water partition coefficient (Wildman–Crippen LogP) is 5.10. The number of phenolic OH excluding ortho intramolecular Hbond substituents is 1. The van der Waals surface area contributed by atoms with Gasteiger partial charge in [-0.15, -0.1) is 0 Å². The zero-order valence-corrected chi connectivity index (χ0v) is 15.7. The molecule has 0 amide bonds. The molecule has 0 saturated carbocycles. The number of rotatable bonds is 5. The first-order valence-corrected chi connectivity index (χ1v) is 9.10. The highest BCUT2D eigenvalue weighted by Crippen LogP contribution is 2.40. The number of nitrogens with one attached hydrogen (secondary N) is 1. The molecule has 2 aromatic carbocycles. The monoisotopic (exact) mass is 406 g/mol. The average molecular weight is 407 g/mol. The highest BCUT2D eigenvalue weighted by Gasteiger charge is 2.23. The summed E-state index contributed by atoms with van der Waals surface area (Å²) in [6.45, 7) is 0. The van der Waals surface area contributed by atoms with Gasteiger partial charge in [0, 0.05) is 35.5 Å². The molecule has 4 aromatic rings. The zero-order chi connectivity index (χ0) is 20.4. The Morgan fingerprint density at radius 2 is 1.86 bits per heavy atom. The van der Waals surface area contributed by atoms with Crippen molar-refractivity contribution in [2.45, 2.75) is 6.04 Å². The van der Waals surface area contributed by atoms with E-state index in [4.69, 9.17) is 11.6 Å². The molecule has 0 bridgehead atoms. The van der Waals surface area contributed by atoms with Gasteiger partial charge in [0.1, 0.15) is 17.1 Å². The van der Waals surface area contributed by atoms with Gasteiger partial charge in [-0.25, -0.2) is 4.98 Å². The molecule has 2 N–H and O–H groups in total. The van der Waals surface area contributed by atoms with Crippen molar-refractivity contribution < 1.29 is 10.0 Å². The summed E-state index contributed by atoms with van der Waals surface area (Å²) in [4.78, 5) is 19.3. The number of aromatic nitrogens is 2. The highest BCUT2D eigenvalue weighted by molar-refractivity contribution is 6.35. The van der Waals surface area contributed by atoms with Crippen LogP contribution in [-0.2, 0) is 0 Å². The van der Waals surface area contributed by atoms with Crippen molar-refractivity contribution in [3.8, 4) is 5.75 Å². The van der Waals surface area contributed by atoms with E-state index in [-0.39, 0.29) is 11.4 Å². The van der Waals surface area contributed by atoms with E-state index in [1.165, 1.54) is 12.1 Å². The molecule has 7 nitrogen and oxygen atoms in total. The normalized spacial score (nSPS) is 11.9. The number of pyridine rings is 2. The number of aromatic hydroxyl groups is 1. The van der Waals surface area contributed by atoms with Gasteiger partial charge >= 0.3 is 0 Å². The molecule has 29 heavy (non-hydrogen) atoms. The number of fused-ring (bicyclic) bond motifs is 1. The summed E-state index contributed by atoms with van der Waals surface area (Å²) in [6, 6.07) is 16.1. The number of nitro benzene ring substituents is 1. The second-order valence-electron chi connectivity index (χ2n) is 6.34. The lowest BCUT2D eigenvalue weighted by atomic mass is 9.95. The van der Waals surface area contributed by atoms with Crippen LogP contribution in [0.4, 0.5) is 11.5 Å². The minimum atomic E-state index is -0.645. The average Bonchev–Trinajstić information content (AvgIpc) is 2.75. The van der Waals surface area contributed by atoms with Gasteiger partial charge < -0.3 is 10.4 Å². The molecule has 0 aliphatic heterocycles. The van der Waals surface area contributed by atoms with Crippen molar-refractivity contribution in [2.75, 3.05) is 5.32 Å². The first-order valence-electron chi connectivity index (χ1n) is 8.72. The van der Waals surface area contributed by atoms with Crippen LogP contribution in [0, 0.1) is 10.1 Å². The van der Waals surface area contributed by atoms with Gasteiger partial charge in [0.2, 0.25) is 0 Å².